The van der Waals surface area contributed by atoms with Crippen LogP contribution in [0.1, 0.15) is 54.4 Å². The van der Waals surface area contributed by atoms with Gasteiger partial charge >= 0.3 is 0 Å². The molecule has 1 heteroatoms. The first-order valence-electron chi connectivity index (χ1n) is 7.97. The minimum atomic E-state index is 0.135. The predicted octanol–water partition coefficient (Wildman–Crippen LogP) is 6.32. The molecular formula is C20H30S. The van der Waals surface area contributed by atoms with Crippen LogP contribution in [0.15, 0.2) is 47.1 Å². The molecule has 0 heterocycles. The highest BCUT2D eigenvalue weighted by molar-refractivity contribution is 8.00. The number of rotatable bonds is 3. The molecule has 0 spiro atoms. The number of allylic oxidation sites excluding steroid dienone is 7. The van der Waals surface area contributed by atoms with Crippen molar-refractivity contribution < 1.29 is 0 Å². The lowest BCUT2D eigenvalue weighted by Crippen LogP contribution is -2.48. The molecule has 2 aliphatic carbocycles. The fourth-order valence-electron chi connectivity index (χ4n) is 3.84. The Kier molecular flexibility index (Phi) is 4.37. The second kappa shape index (κ2) is 5.50. The van der Waals surface area contributed by atoms with Gasteiger partial charge in [0.25, 0.3) is 0 Å². The molecule has 0 radical (unpaired) electrons. The second-order valence-electron chi connectivity index (χ2n) is 7.91. The molecule has 0 fully saturated rings. The molecule has 0 aromatic heterocycles. The van der Waals surface area contributed by atoms with E-state index in [9.17, 15) is 0 Å². The van der Waals surface area contributed by atoms with Crippen LogP contribution < -0.4 is 0 Å². The molecule has 21 heavy (non-hydrogen) atoms. The second-order valence-corrected chi connectivity index (χ2v) is 9.02. The molecule has 0 aromatic carbocycles. The van der Waals surface area contributed by atoms with Crippen molar-refractivity contribution in [3.8, 4) is 0 Å². The summed E-state index contributed by atoms with van der Waals surface area (Å²) in [5, 5.41) is 0. The first kappa shape index (κ1) is 16.7. The summed E-state index contributed by atoms with van der Waals surface area (Å²) in [7, 11) is 0. The molecule has 1 atom stereocenters. The van der Waals surface area contributed by atoms with Gasteiger partial charge in [-0.3, -0.25) is 0 Å². The summed E-state index contributed by atoms with van der Waals surface area (Å²) in [6.07, 6.45) is 16.4. The third-order valence-corrected chi connectivity index (χ3v) is 6.77. The largest absolute Gasteiger partial charge is 0.153 e. The number of hydrogen-bond acceptors (Lipinski definition) is 1. The molecule has 0 nitrogen and oxygen atoms in total. The van der Waals surface area contributed by atoms with Gasteiger partial charge in [0.1, 0.15) is 0 Å². The van der Waals surface area contributed by atoms with Crippen molar-refractivity contribution in [2.45, 2.75) is 59.1 Å². The quantitative estimate of drug-likeness (QED) is 0.587. The van der Waals surface area contributed by atoms with Gasteiger partial charge in [-0.15, -0.1) is 0 Å². The maximum absolute atomic E-state index is 2.45. The van der Waals surface area contributed by atoms with Crippen molar-refractivity contribution in [1.82, 2.24) is 0 Å². The maximum Gasteiger partial charge on any atom is 0.0499 e. The monoisotopic (exact) mass is 302 g/mol. The summed E-state index contributed by atoms with van der Waals surface area (Å²) in [6.45, 7) is 14.2. The Bertz CT molecular complexity index is 535. The van der Waals surface area contributed by atoms with Crippen LogP contribution in [-0.4, -0.2) is 11.0 Å². The Hall–Kier alpha value is -0.690. The van der Waals surface area contributed by atoms with E-state index in [1.807, 2.05) is 11.8 Å². The lowest BCUT2D eigenvalue weighted by molar-refractivity contribution is 0.301. The van der Waals surface area contributed by atoms with Crippen LogP contribution in [0.2, 0.25) is 0 Å². The smallest absolute Gasteiger partial charge is 0.0499 e. The van der Waals surface area contributed by atoms with Crippen molar-refractivity contribution in [1.29, 1.82) is 0 Å². The first-order chi connectivity index (χ1) is 9.65. The fraction of sp³-hybridized carbons (Fsp3) is 0.600. The lowest BCUT2D eigenvalue weighted by Gasteiger charge is -2.52. The van der Waals surface area contributed by atoms with Crippen molar-refractivity contribution >= 4 is 11.8 Å². The van der Waals surface area contributed by atoms with Gasteiger partial charge in [-0.05, 0) is 42.6 Å². The SMILES string of the molecule is CSC1(C(C)(C)C2=CCC=C2)CC=C(C)C=C1C(C)(C)C. The van der Waals surface area contributed by atoms with Gasteiger partial charge in [-0.2, -0.15) is 11.8 Å². The minimum absolute atomic E-state index is 0.135. The van der Waals surface area contributed by atoms with Gasteiger partial charge in [0.2, 0.25) is 0 Å². The van der Waals surface area contributed by atoms with Crippen LogP contribution in [0, 0.1) is 10.8 Å². The summed E-state index contributed by atoms with van der Waals surface area (Å²) >= 11 is 2.04. The van der Waals surface area contributed by atoms with Gasteiger partial charge in [-0.1, -0.05) is 70.6 Å². The van der Waals surface area contributed by atoms with Gasteiger partial charge < -0.3 is 0 Å². The van der Waals surface area contributed by atoms with E-state index < -0.39 is 0 Å². The van der Waals surface area contributed by atoms with Crippen molar-refractivity contribution in [2.24, 2.45) is 10.8 Å². The molecule has 0 aliphatic heterocycles. The summed E-state index contributed by atoms with van der Waals surface area (Å²) < 4.78 is 0.144. The van der Waals surface area contributed by atoms with Crippen LogP contribution in [0.5, 0.6) is 0 Å². The van der Waals surface area contributed by atoms with Crippen molar-refractivity contribution in [3.63, 3.8) is 0 Å². The zero-order valence-electron chi connectivity index (χ0n) is 14.7. The van der Waals surface area contributed by atoms with E-state index in [2.05, 4.69) is 78.2 Å². The van der Waals surface area contributed by atoms with Gasteiger partial charge in [0.05, 0.1) is 0 Å². The topological polar surface area (TPSA) is 0 Å². The van der Waals surface area contributed by atoms with Gasteiger partial charge in [0, 0.05) is 10.2 Å². The summed E-state index contributed by atoms with van der Waals surface area (Å²) in [4.78, 5) is 0. The molecule has 2 aliphatic rings. The van der Waals surface area contributed by atoms with Crippen LogP contribution in [-0.2, 0) is 0 Å². The number of thioether (sulfide) groups is 1. The Balaban J connectivity index is 2.60. The standard InChI is InChI=1S/C20H30S/c1-15-12-13-20(21-7,17(14-15)18(2,3)4)19(5,6)16-10-8-9-11-16/h8,10-12,14H,9,13H2,1-7H3. The summed E-state index contributed by atoms with van der Waals surface area (Å²) in [5.74, 6) is 0. The third kappa shape index (κ3) is 2.70. The third-order valence-electron chi connectivity index (χ3n) is 5.18. The molecule has 0 aromatic rings. The van der Waals surface area contributed by atoms with E-state index >= 15 is 0 Å². The van der Waals surface area contributed by atoms with E-state index in [1.54, 1.807) is 5.57 Å². The van der Waals surface area contributed by atoms with Gasteiger partial charge in [0.15, 0.2) is 0 Å². The highest BCUT2D eigenvalue weighted by Gasteiger charge is 2.51. The van der Waals surface area contributed by atoms with Crippen LogP contribution in [0.3, 0.4) is 0 Å². The fourth-order valence-corrected chi connectivity index (χ4v) is 5.30. The van der Waals surface area contributed by atoms with E-state index in [1.165, 1.54) is 11.1 Å². The Morgan fingerprint density at radius 2 is 1.76 bits per heavy atom. The predicted molar refractivity (Wildman–Crippen MR) is 97.8 cm³/mol. The molecule has 1 unspecified atom stereocenters. The van der Waals surface area contributed by atoms with E-state index in [-0.39, 0.29) is 15.6 Å². The molecular weight excluding hydrogens is 272 g/mol. The molecule has 0 saturated carbocycles. The van der Waals surface area contributed by atoms with E-state index in [4.69, 9.17) is 0 Å². The normalized spacial score (nSPS) is 26.5. The molecule has 0 bridgehead atoms. The number of hydrogen-bond donors (Lipinski definition) is 0. The molecule has 116 valence electrons. The average molecular weight is 303 g/mol. The van der Waals surface area contributed by atoms with Crippen molar-refractivity contribution in [2.75, 3.05) is 6.26 Å². The molecule has 0 amide bonds. The zero-order chi connectivity index (χ0) is 15.9. The van der Waals surface area contributed by atoms with Gasteiger partial charge in [-0.25, -0.2) is 0 Å². The zero-order valence-corrected chi connectivity index (χ0v) is 15.5. The summed E-state index contributed by atoms with van der Waals surface area (Å²) in [5.41, 5.74) is 4.83. The molecule has 2 rings (SSSR count). The average Bonchev–Trinajstić information content (AvgIpc) is 2.92. The first-order valence-corrected chi connectivity index (χ1v) is 9.19. The molecule has 0 saturated heterocycles. The highest BCUT2D eigenvalue weighted by atomic mass is 32.2. The Labute approximate surface area is 135 Å². The Morgan fingerprint density at radius 1 is 1.10 bits per heavy atom. The Morgan fingerprint density at radius 3 is 2.24 bits per heavy atom. The lowest BCUT2D eigenvalue weighted by atomic mass is 9.61. The highest BCUT2D eigenvalue weighted by Crippen LogP contribution is 2.59. The van der Waals surface area contributed by atoms with E-state index in [0.717, 1.165) is 12.8 Å². The van der Waals surface area contributed by atoms with E-state index in [0.29, 0.717) is 0 Å². The maximum atomic E-state index is 2.45. The minimum Gasteiger partial charge on any atom is -0.153 e. The van der Waals surface area contributed by atoms with Crippen LogP contribution in [0.25, 0.3) is 0 Å². The van der Waals surface area contributed by atoms with Crippen LogP contribution in [0.4, 0.5) is 0 Å². The molecule has 0 N–H and O–H groups in total. The van der Waals surface area contributed by atoms with Crippen molar-refractivity contribution in [3.05, 3.63) is 47.1 Å². The van der Waals surface area contributed by atoms with Crippen LogP contribution >= 0.6 is 11.8 Å². The summed E-state index contributed by atoms with van der Waals surface area (Å²) in [6, 6.07) is 0.